The Morgan fingerprint density at radius 3 is 2.49 bits per heavy atom. The maximum Gasteiger partial charge on any atom is 0.274 e. The van der Waals surface area contributed by atoms with Gasteiger partial charge in [-0.3, -0.25) is 14.3 Å². The van der Waals surface area contributed by atoms with Gasteiger partial charge in [-0.1, -0.05) is 18.5 Å². The Balaban J connectivity index is 1.56. The van der Waals surface area contributed by atoms with Crippen LogP contribution < -0.4 is 5.56 Å². The van der Waals surface area contributed by atoms with Crippen molar-refractivity contribution in [3.8, 4) is 23.1 Å². The van der Waals surface area contributed by atoms with Gasteiger partial charge in [-0.05, 0) is 98.5 Å². The van der Waals surface area contributed by atoms with Crippen LogP contribution in [0.3, 0.4) is 0 Å². The van der Waals surface area contributed by atoms with Crippen LogP contribution in [0, 0.1) is 36.9 Å². The number of hydrogen-bond donors (Lipinski definition) is 1. The van der Waals surface area contributed by atoms with Gasteiger partial charge in [-0.25, -0.2) is 14.4 Å². The minimum absolute atomic E-state index is 0.0533. The van der Waals surface area contributed by atoms with Gasteiger partial charge in [0.25, 0.3) is 5.56 Å². The highest BCUT2D eigenvalue weighted by atomic mass is 35.5. The minimum Gasteiger partial charge on any atom is -0.382 e. The van der Waals surface area contributed by atoms with E-state index in [9.17, 15) is 19.6 Å². The first-order valence-corrected chi connectivity index (χ1v) is 12.9. The van der Waals surface area contributed by atoms with Crippen LogP contribution in [0.2, 0.25) is 5.02 Å². The molecule has 1 aliphatic carbocycles. The number of nitrogens with zero attached hydrogens (tertiary/aromatic N) is 5. The molecule has 4 aromatic rings. The van der Waals surface area contributed by atoms with Crippen molar-refractivity contribution in [1.29, 1.82) is 5.26 Å². The average molecular weight is 544 g/mol. The summed E-state index contributed by atoms with van der Waals surface area (Å²) in [7, 11) is 0. The summed E-state index contributed by atoms with van der Waals surface area (Å²) in [5, 5.41) is 19.7. The molecule has 3 atom stereocenters. The number of aliphatic hydroxyl groups is 1. The predicted octanol–water partition coefficient (Wildman–Crippen LogP) is 5.72. The number of aromatic nitrogens is 4. The quantitative estimate of drug-likeness (QED) is 0.345. The number of halogens is 2. The van der Waals surface area contributed by atoms with Crippen LogP contribution >= 0.6 is 11.6 Å². The predicted molar refractivity (Wildman–Crippen MR) is 146 cm³/mol. The summed E-state index contributed by atoms with van der Waals surface area (Å²) >= 11 is 6.71. The van der Waals surface area contributed by atoms with E-state index in [0.717, 1.165) is 5.56 Å². The lowest BCUT2D eigenvalue weighted by Crippen LogP contribution is -2.23. The van der Waals surface area contributed by atoms with Crippen molar-refractivity contribution >= 4 is 11.6 Å². The van der Waals surface area contributed by atoms with Crippen molar-refractivity contribution in [3.05, 3.63) is 104 Å². The molecule has 9 heteroatoms. The summed E-state index contributed by atoms with van der Waals surface area (Å²) < 4.78 is 16.2. The van der Waals surface area contributed by atoms with Crippen molar-refractivity contribution in [3.63, 3.8) is 0 Å². The van der Waals surface area contributed by atoms with Crippen LogP contribution in [-0.4, -0.2) is 24.6 Å². The molecule has 1 fully saturated rings. The van der Waals surface area contributed by atoms with Gasteiger partial charge in [0.05, 0.1) is 28.7 Å². The highest BCUT2D eigenvalue weighted by Crippen LogP contribution is 2.61. The maximum atomic E-state index is 14.7. The van der Waals surface area contributed by atoms with E-state index >= 15 is 0 Å². The fourth-order valence-electron chi connectivity index (χ4n) is 5.25. The first kappa shape index (κ1) is 26.7. The molecular formula is C30H27ClFN5O2. The van der Waals surface area contributed by atoms with E-state index in [1.165, 1.54) is 12.1 Å². The molecule has 1 aliphatic rings. The largest absolute Gasteiger partial charge is 0.382 e. The highest BCUT2D eigenvalue weighted by molar-refractivity contribution is 6.31. The smallest absolute Gasteiger partial charge is 0.274 e. The third-order valence-electron chi connectivity index (χ3n) is 7.36. The Kier molecular flexibility index (Phi) is 6.61. The summed E-state index contributed by atoms with van der Waals surface area (Å²) in [6.07, 6.45) is 3.22. The zero-order chi connectivity index (χ0) is 28.2. The number of hydrogen-bond acceptors (Lipinski definition) is 6. The summed E-state index contributed by atoms with van der Waals surface area (Å²) in [5.74, 6) is -0.376. The van der Waals surface area contributed by atoms with Crippen LogP contribution in [0.5, 0.6) is 0 Å². The second-order valence-corrected chi connectivity index (χ2v) is 11.0. The fourth-order valence-corrected chi connectivity index (χ4v) is 5.52. The Morgan fingerprint density at radius 1 is 1.08 bits per heavy atom. The van der Waals surface area contributed by atoms with Crippen molar-refractivity contribution in [2.45, 2.75) is 52.1 Å². The summed E-state index contributed by atoms with van der Waals surface area (Å²) in [6.45, 7) is 8.88. The Morgan fingerprint density at radius 2 is 1.79 bits per heavy atom. The zero-order valence-corrected chi connectivity index (χ0v) is 23.0. The first-order valence-electron chi connectivity index (χ1n) is 12.6. The van der Waals surface area contributed by atoms with E-state index in [1.807, 2.05) is 26.8 Å². The van der Waals surface area contributed by atoms with Gasteiger partial charge in [-0.15, -0.1) is 0 Å². The Hall–Kier alpha value is -3.93. The van der Waals surface area contributed by atoms with Crippen LogP contribution in [0.15, 0.2) is 53.6 Å². The SMILES string of the molecule is Cc1cnc(-c2ccnc(C(C)(C)O)n2)cc1-n1c(C)cc(C2C(c3cc(C#N)ccc3F)[C@H]2C)c(Cl)c1=O. The second-order valence-electron chi connectivity index (χ2n) is 10.6. The van der Waals surface area contributed by atoms with Crippen LogP contribution in [-0.2, 0) is 5.60 Å². The molecule has 1 saturated carbocycles. The number of pyridine rings is 2. The molecule has 2 unspecified atom stereocenters. The highest BCUT2D eigenvalue weighted by Gasteiger charge is 2.51. The van der Waals surface area contributed by atoms with Crippen LogP contribution in [0.4, 0.5) is 4.39 Å². The molecule has 39 heavy (non-hydrogen) atoms. The molecule has 198 valence electrons. The van der Waals surface area contributed by atoms with E-state index in [1.54, 1.807) is 49.0 Å². The Bertz CT molecular complexity index is 1720. The molecule has 1 aromatic carbocycles. The summed E-state index contributed by atoms with van der Waals surface area (Å²) in [4.78, 5) is 26.8. The molecule has 1 N–H and O–H groups in total. The van der Waals surface area contributed by atoms with Crippen molar-refractivity contribution in [2.75, 3.05) is 0 Å². The lowest BCUT2D eigenvalue weighted by atomic mass is 10.0. The average Bonchev–Trinajstić information content (AvgIpc) is 3.56. The van der Waals surface area contributed by atoms with Gasteiger partial charge < -0.3 is 5.11 Å². The van der Waals surface area contributed by atoms with Gasteiger partial charge in [0.15, 0.2) is 5.82 Å². The third kappa shape index (κ3) is 4.73. The van der Waals surface area contributed by atoms with Crippen molar-refractivity contribution in [2.24, 2.45) is 5.92 Å². The molecular weight excluding hydrogens is 517 g/mol. The lowest BCUT2D eigenvalue weighted by Gasteiger charge is -2.18. The molecule has 0 amide bonds. The van der Waals surface area contributed by atoms with Gasteiger partial charge in [0.2, 0.25) is 0 Å². The van der Waals surface area contributed by atoms with Crippen molar-refractivity contribution in [1.82, 2.24) is 19.5 Å². The topological polar surface area (TPSA) is 105 Å². The molecule has 0 spiro atoms. The Labute approximate surface area is 230 Å². The van der Waals surface area contributed by atoms with Gasteiger partial charge in [0.1, 0.15) is 16.4 Å². The molecule has 0 radical (unpaired) electrons. The maximum absolute atomic E-state index is 14.7. The van der Waals surface area contributed by atoms with E-state index in [4.69, 9.17) is 11.6 Å². The number of aryl methyl sites for hydroxylation is 2. The number of rotatable bonds is 5. The second kappa shape index (κ2) is 9.67. The van der Waals surface area contributed by atoms with Crippen molar-refractivity contribution < 1.29 is 9.50 Å². The first-order chi connectivity index (χ1) is 18.4. The number of nitriles is 1. The monoisotopic (exact) mass is 543 g/mol. The molecule has 7 nitrogen and oxygen atoms in total. The summed E-state index contributed by atoms with van der Waals surface area (Å²) in [5.41, 5.74) is 2.99. The van der Waals surface area contributed by atoms with Gasteiger partial charge >= 0.3 is 0 Å². The third-order valence-corrected chi connectivity index (χ3v) is 7.74. The van der Waals surface area contributed by atoms with E-state index in [2.05, 4.69) is 21.0 Å². The lowest BCUT2D eigenvalue weighted by molar-refractivity contribution is 0.0688. The van der Waals surface area contributed by atoms with Crippen LogP contribution in [0.25, 0.3) is 17.1 Å². The molecule has 3 aromatic heterocycles. The minimum atomic E-state index is -1.23. The normalized spacial score (nSPS) is 18.6. The zero-order valence-electron chi connectivity index (χ0n) is 22.2. The molecule has 0 bridgehead atoms. The molecule has 3 heterocycles. The molecule has 0 aliphatic heterocycles. The van der Waals surface area contributed by atoms with E-state index < -0.39 is 5.60 Å². The van der Waals surface area contributed by atoms with Gasteiger partial charge in [0, 0.05) is 18.1 Å². The van der Waals surface area contributed by atoms with E-state index in [-0.39, 0.29) is 40.0 Å². The molecule has 5 rings (SSSR count). The van der Waals surface area contributed by atoms with E-state index in [0.29, 0.717) is 39.5 Å². The summed E-state index contributed by atoms with van der Waals surface area (Å²) in [6, 6.07) is 11.8. The standard InChI is InChI=1S/C30H27ClFN5O2/c1-15-14-35-23(22-8-9-34-29(36-22)30(4,5)39)12-24(15)37-16(2)10-20(27(31)28(37)38)26-17(3)25(26)19-11-18(13-33)6-7-21(19)32/h6-12,14,17,25-26,39H,1-5H3/t17-,25?,26?/m1/s1. The number of benzene rings is 1. The fraction of sp³-hybridized carbons (Fsp3) is 0.300. The van der Waals surface area contributed by atoms with Gasteiger partial charge in [-0.2, -0.15) is 5.26 Å². The molecule has 0 saturated heterocycles. The van der Waals surface area contributed by atoms with Crippen LogP contribution in [0.1, 0.15) is 66.4 Å².